The normalized spacial score (nSPS) is 19.7. The summed E-state index contributed by atoms with van der Waals surface area (Å²) in [6.07, 6.45) is 3.76. The van der Waals surface area contributed by atoms with Crippen LogP contribution in [0.1, 0.15) is 43.4 Å². The highest BCUT2D eigenvalue weighted by Crippen LogP contribution is 2.35. The summed E-state index contributed by atoms with van der Waals surface area (Å²) in [7, 11) is 2.00. The number of nitrogens with zero attached hydrogens (tertiary/aromatic N) is 1. The lowest BCUT2D eigenvalue weighted by atomic mass is 9.87. The molecule has 1 N–H and O–H groups in total. The van der Waals surface area contributed by atoms with E-state index in [0.717, 1.165) is 18.6 Å². The lowest BCUT2D eigenvalue weighted by molar-refractivity contribution is 0.247. The van der Waals surface area contributed by atoms with Crippen LogP contribution >= 0.6 is 0 Å². The maximum Gasteiger partial charge on any atom is 0.184 e. The van der Waals surface area contributed by atoms with E-state index < -0.39 is 0 Å². The van der Waals surface area contributed by atoms with Crippen molar-refractivity contribution in [2.45, 2.75) is 44.8 Å². The maximum absolute atomic E-state index is 9.00. The third-order valence-corrected chi connectivity index (χ3v) is 3.60. The number of hydrogen-bond donors (Lipinski definition) is 1. The SMILES string of the molecule is CCC(C#N)Oc1cccc2c1CCCC2NC. The Morgan fingerprint density at radius 2 is 2.39 bits per heavy atom. The van der Waals surface area contributed by atoms with Crippen LogP contribution in [0.4, 0.5) is 0 Å². The summed E-state index contributed by atoms with van der Waals surface area (Å²) in [5.41, 5.74) is 2.60. The minimum Gasteiger partial charge on any atom is -0.475 e. The van der Waals surface area contributed by atoms with Gasteiger partial charge in [-0.1, -0.05) is 19.1 Å². The number of ether oxygens (including phenoxy) is 1. The molecule has 96 valence electrons. The monoisotopic (exact) mass is 244 g/mol. The third-order valence-electron chi connectivity index (χ3n) is 3.60. The molecule has 3 heteroatoms. The van der Waals surface area contributed by atoms with Gasteiger partial charge >= 0.3 is 0 Å². The lowest BCUT2D eigenvalue weighted by Gasteiger charge is -2.27. The molecule has 0 aliphatic heterocycles. The van der Waals surface area contributed by atoms with E-state index in [1.807, 2.05) is 26.1 Å². The molecule has 0 amide bonds. The van der Waals surface area contributed by atoms with Crippen molar-refractivity contribution < 1.29 is 4.74 Å². The number of nitriles is 1. The first-order valence-electron chi connectivity index (χ1n) is 6.65. The van der Waals surface area contributed by atoms with E-state index in [4.69, 9.17) is 10.00 Å². The maximum atomic E-state index is 9.00. The second-order valence-electron chi connectivity index (χ2n) is 4.70. The number of rotatable bonds is 4. The number of hydrogen-bond acceptors (Lipinski definition) is 3. The molecule has 18 heavy (non-hydrogen) atoms. The van der Waals surface area contributed by atoms with Crippen molar-refractivity contribution in [2.75, 3.05) is 7.05 Å². The minimum absolute atomic E-state index is 0.341. The second-order valence-corrected chi connectivity index (χ2v) is 4.70. The van der Waals surface area contributed by atoms with E-state index in [1.165, 1.54) is 24.0 Å². The highest BCUT2D eigenvalue weighted by molar-refractivity contribution is 5.43. The average molecular weight is 244 g/mol. The molecule has 2 atom stereocenters. The molecule has 2 unspecified atom stereocenters. The van der Waals surface area contributed by atoms with Crippen molar-refractivity contribution in [1.29, 1.82) is 5.26 Å². The van der Waals surface area contributed by atoms with Crippen LogP contribution in [-0.4, -0.2) is 13.2 Å². The van der Waals surface area contributed by atoms with E-state index in [0.29, 0.717) is 6.04 Å². The summed E-state index contributed by atoms with van der Waals surface area (Å²) in [5.74, 6) is 0.890. The molecule has 3 nitrogen and oxygen atoms in total. The Balaban J connectivity index is 2.30. The molecule has 0 aromatic heterocycles. The lowest BCUT2D eigenvalue weighted by Crippen LogP contribution is -2.23. The van der Waals surface area contributed by atoms with Gasteiger partial charge in [0.2, 0.25) is 0 Å². The first-order valence-corrected chi connectivity index (χ1v) is 6.65. The fourth-order valence-electron chi connectivity index (χ4n) is 2.58. The summed E-state index contributed by atoms with van der Waals surface area (Å²) in [4.78, 5) is 0. The van der Waals surface area contributed by atoms with Crippen molar-refractivity contribution in [3.8, 4) is 11.8 Å². The van der Waals surface area contributed by atoms with Crippen LogP contribution < -0.4 is 10.1 Å². The summed E-state index contributed by atoms with van der Waals surface area (Å²) >= 11 is 0. The fourth-order valence-corrected chi connectivity index (χ4v) is 2.58. The van der Waals surface area contributed by atoms with E-state index in [1.54, 1.807) is 0 Å². The molecule has 0 saturated carbocycles. The van der Waals surface area contributed by atoms with Crippen molar-refractivity contribution in [3.63, 3.8) is 0 Å². The van der Waals surface area contributed by atoms with Gasteiger partial charge in [0.05, 0.1) is 0 Å². The molecule has 2 rings (SSSR count). The van der Waals surface area contributed by atoms with Crippen LogP contribution in [0.2, 0.25) is 0 Å². The molecule has 1 aromatic carbocycles. The molecule has 0 radical (unpaired) electrons. The second kappa shape index (κ2) is 5.88. The van der Waals surface area contributed by atoms with Gasteiger partial charge in [-0.15, -0.1) is 0 Å². The van der Waals surface area contributed by atoms with Crippen molar-refractivity contribution >= 4 is 0 Å². The third kappa shape index (κ3) is 2.49. The number of nitrogens with one attached hydrogen (secondary N) is 1. The van der Waals surface area contributed by atoms with Crippen molar-refractivity contribution in [3.05, 3.63) is 29.3 Å². The highest BCUT2D eigenvalue weighted by atomic mass is 16.5. The van der Waals surface area contributed by atoms with Crippen LogP contribution in [0.5, 0.6) is 5.75 Å². The Bertz CT molecular complexity index is 450. The highest BCUT2D eigenvalue weighted by Gasteiger charge is 2.22. The van der Waals surface area contributed by atoms with Gasteiger partial charge < -0.3 is 10.1 Å². The Morgan fingerprint density at radius 1 is 1.56 bits per heavy atom. The Morgan fingerprint density at radius 3 is 3.06 bits per heavy atom. The Hall–Kier alpha value is -1.53. The van der Waals surface area contributed by atoms with Gasteiger partial charge in [-0.25, -0.2) is 0 Å². The predicted octanol–water partition coefficient (Wildman–Crippen LogP) is 2.96. The van der Waals surface area contributed by atoms with Crippen LogP contribution in [-0.2, 0) is 6.42 Å². The van der Waals surface area contributed by atoms with E-state index >= 15 is 0 Å². The standard InChI is InChI=1S/C15H20N2O/c1-3-11(10-16)18-15-9-5-6-12-13(15)7-4-8-14(12)17-2/h5-6,9,11,14,17H,3-4,7-8H2,1-2H3. The van der Waals surface area contributed by atoms with Gasteiger partial charge in [-0.2, -0.15) is 5.26 Å². The molecule has 1 aromatic rings. The van der Waals surface area contributed by atoms with Gasteiger partial charge in [0.1, 0.15) is 11.8 Å². The molecular formula is C15H20N2O. The Labute approximate surface area is 109 Å². The largest absolute Gasteiger partial charge is 0.475 e. The molecule has 0 fully saturated rings. The van der Waals surface area contributed by atoms with E-state index in [2.05, 4.69) is 17.5 Å². The molecule has 1 aliphatic rings. The zero-order valence-corrected chi connectivity index (χ0v) is 11.1. The van der Waals surface area contributed by atoms with Crippen LogP contribution in [0, 0.1) is 11.3 Å². The summed E-state index contributed by atoms with van der Waals surface area (Å²) in [6, 6.07) is 8.78. The predicted molar refractivity (Wildman–Crippen MR) is 71.5 cm³/mol. The summed E-state index contributed by atoms with van der Waals surface area (Å²) < 4.78 is 5.82. The quantitative estimate of drug-likeness (QED) is 0.885. The average Bonchev–Trinajstić information content (AvgIpc) is 2.44. The van der Waals surface area contributed by atoms with Gasteiger partial charge in [0.15, 0.2) is 6.10 Å². The molecule has 0 bridgehead atoms. The fraction of sp³-hybridized carbons (Fsp3) is 0.533. The van der Waals surface area contributed by atoms with Crippen LogP contribution in [0.15, 0.2) is 18.2 Å². The molecule has 0 saturated heterocycles. The van der Waals surface area contributed by atoms with E-state index in [-0.39, 0.29) is 6.10 Å². The van der Waals surface area contributed by atoms with Crippen molar-refractivity contribution in [1.82, 2.24) is 5.32 Å². The first-order chi connectivity index (χ1) is 8.80. The van der Waals surface area contributed by atoms with Crippen molar-refractivity contribution in [2.24, 2.45) is 0 Å². The molecular weight excluding hydrogens is 224 g/mol. The van der Waals surface area contributed by atoms with Gasteiger partial charge in [-0.05, 0) is 49.9 Å². The zero-order chi connectivity index (χ0) is 13.0. The topological polar surface area (TPSA) is 45.0 Å². The molecule has 1 aliphatic carbocycles. The summed E-state index contributed by atoms with van der Waals surface area (Å²) in [6.45, 7) is 1.97. The van der Waals surface area contributed by atoms with Gasteiger partial charge in [-0.3, -0.25) is 0 Å². The van der Waals surface area contributed by atoms with E-state index in [9.17, 15) is 0 Å². The number of fused-ring (bicyclic) bond motifs is 1. The first kappa shape index (κ1) is 12.9. The van der Waals surface area contributed by atoms with Crippen LogP contribution in [0.3, 0.4) is 0 Å². The van der Waals surface area contributed by atoms with Crippen LogP contribution in [0.25, 0.3) is 0 Å². The molecule has 0 spiro atoms. The van der Waals surface area contributed by atoms with Gasteiger partial charge in [0, 0.05) is 6.04 Å². The number of benzene rings is 1. The minimum atomic E-state index is -0.341. The molecule has 0 heterocycles. The zero-order valence-electron chi connectivity index (χ0n) is 11.1. The Kier molecular flexibility index (Phi) is 4.22. The summed E-state index contributed by atoms with van der Waals surface area (Å²) in [5, 5.41) is 12.4. The smallest absolute Gasteiger partial charge is 0.184 e. The van der Waals surface area contributed by atoms with Gasteiger partial charge in [0.25, 0.3) is 0 Å².